The molecule has 0 aliphatic carbocycles. The van der Waals surface area contributed by atoms with Crippen LogP contribution in [0.4, 0.5) is 0 Å². The molecule has 78 heavy (non-hydrogen) atoms. The van der Waals surface area contributed by atoms with Crippen molar-refractivity contribution in [1.29, 1.82) is 0 Å². The van der Waals surface area contributed by atoms with Crippen molar-refractivity contribution in [3.63, 3.8) is 0 Å². The summed E-state index contributed by atoms with van der Waals surface area (Å²) >= 11 is 0. The molecule has 0 fully saturated rings. The number of carbonyl (C=O) groups is 3. The molecule has 0 spiro atoms. The number of hydrogen-bond donors (Lipinski definition) is 0. The van der Waals surface area contributed by atoms with Crippen LogP contribution in [0, 0.1) is 0 Å². The molecule has 0 bridgehead atoms. The highest BCUT2D eigenvalue weighted by Gasteiger charge is 2.19. The van der Waals surface area contributed by atoms with Crippen LogP contribution < -0.4 is 0 Å². The minimum atomic E-state index is -0.828. The molecule has 6 nitrogen and oxygen atoms in total. The van der Waals surface area contributed by atoms with Crippen LogP contribution in [0.3, 0.4) is 0 Å². The van der Waals surface area contributed by atoms with Crippen molar-refractivity contribution in [3.05, 3.63) is 134 Å². The number of esters is 3. The molecule has 0 aromatic carbocycles. The van der Waals surface area contributed by atoms with E-state index in [0.29, 0.717) is 19.3 Å². The van der Waals surface area contributed by atoms with Crippen molar-refractivity contribution in [3.8, 4) is 0 Å². The van der Waals surface area contributed by atoms with Crippen LogP contribution >= 0.6 is 0 Å². The number of ether oxygens (including phenoxy) is 3. The lowest BCUT2D eigenvalue weighted by atomic mass is 10.0. The Balaban J connectivity index is 4.46. The summed E-state index contributed by atoms with van der Waals surface area (Å²) in [6.07, 6.45) is 91.8. The van der Waals surface area contributed by atoms with E-state index in [1.54, 1.807) is 0 Å². The fourth-order valence-electron chi connectivity index (χ4n) is 8.63. The zero-order valence-electron chi connectivity index (χ0n) is 50.6. The Kier molecular flexibility index (Phi) is 61.4. The zero-order valence-corrected chi connectivity index (χ0v) is 50.6. The Bertz CT molecular complexity index is 1670. The van der Waals surface area contributed by atoms with E-state index in [1.165, 1.54) is 122 Å². The van der Waals surface area contributed by atoms with Crippen molar-refractivity contribution < 1.29 is 28.6 Å². The van der Waals surface area contributed by atoms with Crippen LogP contribution in [-0.2, 0) is 28.6 Å². The minimum Gasteiger partial charge on any atom is -0.462 e. The molecular weight excluding hydrogens is 961 g/mol. The van der Waals surface area contributed by atoms with Crippen LogP contribution in [0.15, 0.2) is 134 Å². The van der Waals surface area contributed by atoms with E-state index in [-0.39, 0.29) is 31.6 Å². The highest BCUT2D eigenvalue weighted by atomic mass is 16.6. The summed E-state index contributed by atoms with van der Waals surface area (Å²) in [6, 6.07) is 0. The second-order valence-electron chi connectivity index (χ2n) is 20.9. The van der Waals surface area contributed by atoms with Crippen LogP contribution in [0.5, 0.6) is 0 Å². The van der Waals surface area contributed by atoms with Gasteiger partial charge < -0.3 is 14.2 Å². The average Bonchev–Trinajstić information content (AvgIpc) is 3.44. The Morgan fingerprint density at radius 2 is 0.526 bits per heavy atom. The molecule has 0 amide bonds. The van der Waals surface area contributed by atoms with Gasteiger partial charge in [-0.1, -0.05) is 276 Å². The van der Waals surface area contributed by atoms with Gasteiger partial charge in [-0.25, -0.2) is 0 Å². The van der Waals surface area contributed by atoms with E-state index in [9.17, 15) is 14.4 Å². The van der Waals surface area contributed by atoms with Gasteiger partial charge in [-0.2, -0.15) is 0 Å². The largest absolute Gasteiger partial charge is 0.462 e. The number of hydrogen-bond acceptors (Lipinski definition) is 6. The van der Waals surface area contributed by atoms with Gasteiger partial charge in [0.2, 0.25) is 0 Å². The second-order valence-corrected chi connectivity index (χ2v) is 20.9. The monoisotopic (exact) mass is 1080 g/mol. The summed E-state index contributed by atoms with van der Waals surface area (Å²) in [4.78, 5) is 38.3. The first-order valence-electron chi connectivity index (χ1n) is 32.2. The van der Waals surface area contributed by atoms with E-state index < -0.39 is 12.1 Å². The predicted molar refractivity (Wildman–Crippen MR) is 339 cm³/mol. The molecule has 0 rings (SSSR count). The van der Waals surface area contributed by atoms with Crippen LogP contribution in [0.1, 0.15) is 284 Å². The fourth-order valence-corrected chi connectivity index (χ4v) is 8.63. The summed E-state index contributed by atoms with van der Waals surface area (Å²) in [7, 11) is 0. The van der Waals surface area contributed by atoms with Crippen molar-refractivity contribution in [2.24, 2.45) is 0 Å². The van der Waals surface area contributed by atoms with Gasteiger partial charge in [-0.15, -0.1) is 0 Å². The van der Waals surface area contributed by atoms with Gasteiger partial charge in [0.15, 0.2) is 6.10 Å². The van der Waals surface area contributed by atoms with Gasteiger partial charge in [0.1, 0.15) is 13.2 Å². The minimum absolute atomic E-state index is 0.115. The first-order valence-corrected chi connectivity index (χ1v) is 32.2. The molecule has 0 N–H and O–H groups in total. The van der Waals surface area contributed by atoms with Crippen molar-refractivity contribution in [1.82, 2.24) is 0 Å². The highest BCUT2D eigenvalue weighted by Crippen LogP contribution is 2.15. The molecule has 0 aromatic heterocycles. The molecule has 0 saturated carbocycles. The van der Waals surface area contributed by atoms with Gasteiger partial charge in [0.25, 0.3) is 0 Å². The Hall–Kier alpha value is -4.45. The SMILES string of the molecule is CC/C=C\C/C=C\C/C=C\C/C=C\C/C=C\C/C=C\CCC(=O)OC(COC(=O)CCCCCCC/C=C\CCCCCCCCC)COC(=O)CCCCCCCCCCCCCC/C=C\C/C=C\C/C=C\C/C=C\CC. The van der Waals surface area contributed by atoms with E-state index in [0.717, 1.165) is 116 Å². The molecule has 0 aliphatic rings. The summed E-state index contributed by atoms with van der Waals surface area (Å²) in [5, 5.41) is 0. The van der Waals surface area contributed by atoms with Crippen molar-refractivity contribution in [2.75, 3.05) is 13.2 Å². The van der Waals surface area contributed by atoms with Gasteiger partial charge >= 0.3 is 17.9 Å². The van der Waals surface area contributed by atoms with Crippen molar-refractivity contribution in [2.45, 2.75) is 290 Å². The van der Waals surface area contributed by atoms with Gasteiger partial charge in [-0.05, 0) is 122 Å². The zero-order chi connectivity index (χ0) is 56.4. The predicted octanol–water partition coefficient (Wildman–Crippen LogP) is 22.2. The third-order valence-corrected chi connectivity index (χ3v) is 13.4. The summed E-state index contributed by atoms with van der Waals surface area (Å²) in [5.41, 5.74) is 0. The first-order chi connectivity index (χ1) is 38.5. The van der Waals surface area contributed by atoms with E-state index >= 15 is 0 Å². The van der Waals surface area contributed by atoms with Gasteiger partial charge in [-0.3, -0.25) is 14.4 Å². The lowest BCUT2D eigenvalue weighted by Gasteiger charge is -2.18. The molecule has 0 radical (unpaired) electrons. The van der Waals surface area contributed by atoms with E-state index in [4.69, 9.17) is 14.2 Å². The topological polar surface area (TPSA) is 78.9 Å². The lowest BCUT2D eigenvalue weighted by molar-refractivity contribution is -0.166. The molecule has 0 aromatic rings. The van der Waals surface area contributed by atoms with Crippen LogP contribution in [-0.4, -0.2) is 37.2 Å². The normalized spacial score (nSPS) is 13.0. The Morgan fingerprint density at radius 3 is 0.846 bits per heavy atom. The molecule has 1 atom stereocenters. The Labute approximate surface area is 481 Å². The molecule has 442 valence electrons. The second kappa shape index (κ2) is 65.1. The maximum atomic E-state index is 12.9. The first kappa shape index (κ1) is 73.5. The average molecular weight is 1080 g/mol. The van der Waals surface area contributed by atoms with E-state index in [2.05, 4.69) is 148 Å². The molecular formula is C72H118O6. The maximum Gasteiger partial charge on any atom is 0.306 e. The smallest absolute Gasteiger partial charge is 0.306 e. The lowest BCUT2D eigenvalue weighted by Crippen LogP contribution is -2.30. The van der Waals surface area contributed by atoms with Crippen molar-refractivity contribution >= 4 is 17.9 Å². The summed E-state index contributed by atoms with van der Waals surface area (Å²) in [6.45, 7) is 6.35. The molecule has 0 heterocycles. The Morgan fingerprint density at radius 1 is 0.269 bits per heavy atom. The maximum absolute atomic E-state index is 12.9. The summed E-state index contributed by atoms with van der Waals surface area (Å²) in [5.74, 6) is -1.01. The quantitative estimate of drug-likeness (QED) is 0.0261. The fraction of sp³-hybridized carbons (Fsp3) is 0.653. The third kappa shape index (κ3) is 62.4. The number of carbonyl (C=O) groups excluding carboxylic acids is 3. The number of rotatable bonds is 57. The molecule has 0 aliphatic heterocycles. The third-order valence-electron chi connectivity index (χ3n) is 13.4. The molecule has 6 heteroatoms. The standard InChI is InChI=1S/C72H118O6/c1-4-7-10-13-16-19-22-25-28-31-33-34-35-36-37-38-40-41-44-47-50-53-56-59-62-65-71(74)77-68-69(67-76-70(73)64-61-58-55-52-49-46-43-30-27-24-21-18-15-12-9-6-3)78-72(75)66-63-60-57-54-51-48-45-42-39-32-29-26-23-20-17-14-11-8-5-2/h7-8,10-11,16-17,19-20,25-26,28-30,33-34,39,42-43,48,51,57,60,69H,4-6,9,12-15,18,21-24,27,31-32,35-38,40-41,44-47,49-50,52-56,58-59,61-68H2,1-3H3/b10-7-,11-8-,19-16-,20-17-,28-25-,29-26-,34-33-,42-39-,43-30-,51-48-,60-57-. The summed E-state index contributed by atoms with van der Waals surface area (Å²) < 4.78 is 16.9. The van der Waals surface area contributed by atoms with Crippen LogP contribution in [0.2, 0.25) is 0 Å². The van der Waals surface area contributed by atoms with E-state index in [1.807, 2.05) is 6.08 Å². The molecule has 1 unspecified atom stereocenters. The van der Waals surface area contributed by atoms with Gasteiger partial charge in [0.05, 0.1) is 0 Å². The number of allylic oxidation sites excluding steroid dienone is 22. The van der Waals surface area contributed by atoms with Gasteiger partial charge in [0, 0.05) is 19.3 Å². The molecule has 0 saturated heterocycles. The van der Waals surface area contributed by atoms with Crippen LogP contribution in [0.25, 0.3) is 0 Å². The highest BCUT2D eigenvalue weighted by molar-refractivity contribution is 5.71. The number of unbranched alkanes of at least 4 members (excludes halogenated alkanes) is 24.